The monoisotopic (exact) mass is 259 g/mol. The molecule has 0 spiro atoms. The average molecular weight is 260 g/mol. The van der Waals surface area contributed by atoms with E-state index < -0.39 is 0 Å². The van der Waals surface area contributed by atoms with Gasteiger partial charge in [-0.1, -0.05) is 24.6 Å². The molecule has 0 N–H and O–H groups in total. The van der Waals surface area contributed by atoms with Gasteiger partial charge in [0.25, 0.3) is 0 Å². The normalized spacial score (nSPS) is 12.6. The van der Waals surface area contributed by atoms with Crippen molar-refractivity contribution >= 4 is 28.9 Å². The summed E-state index contributed by atoms with van der Waals surface area (Å²) in [7, 11) is 0. The molecule has 0 amide bonds. The van der Waals surface area contributed by atoms with Gasteiger partial charge in [0.05, 0.1) is 10.7 Å². The van der Waals surface area contributed by atoms with Crippen LogP contribution in [-0.4, -0.2) is 12.6 Å². The van der Waals surface area contributed by atoms with Crippen molar-refractivity contribution in [2.45, 2.75) is 39.1 Å². The fourth-order valence-electron chi connectivity index (χ4n) is 1.81. The highest BCUT2D eigenvalue weighted by Crippen LogP contribution is 2.29. The van der Waals surface area contributed by atoms with Crippen molar-refractivity contribution < 1.29 is 0 Å². The molecule has 0 saturated heterocycles. The predicted molar refractivity (Wildman–Crippen MR) is 73.8 cm³/mol. The van der Waals surface area contributed by atoms with E-state index in [1.165, 1.54) is 0 Å². The number of halogens is 2. The van der Waals surface area contributed by atoms with Gasteiger partial charge in [-0.3, -0.25) is 0 Å². The number of benzene rings is 1. The smallest absolute Gasteiger partial charge is 0.0642 e. The number of nitrogens with zero attached hydrogens (tertiary/aromatic N) is 1. The highest BCUT2D eigenvalue weighted by Gasteiger charge is 2.14. The van der Waals surface area contributed by atoms with Gasteiger partial charge < -0.3 is 4.90 Å². The summed E-state index contributed by atoms with van der Waals surface area (Å²) in [5, 5.41) is 0.792. The van der Waals surface area contributed by atoms with E-state index >= 15 is 0 Å². The molecule has 0 aliphatic rings. The van der Waals surface area contributed by atoms with Gasteiger partial charge in [0.1, 0.15) is 0 Å². The van der Waals surface area contributed by atoms with Gasteiger partial charge in [-0.05, 0) is 38.0 Å². The van der Waals surface area contributed by atoms with E-state index in [1.807, 2.05) is 12.1 Å². The van der Waals surface area contributed by atoms with Crippen LogP contribution < -0.4 is 4.90 Å². The molecule has 1 aromatic rings. The van der Waals surface area contributed by atoms with Gasteiger partial charge in [-0.25, -0.2) is 0 Å². The molecular formula is C13H19Cl2N. The van der Waals surface area contributed by atoms with Crippen molar-refractivity contribution in [1.82, 2.24) is 0 Å². The fourth-order valence-corrected chi connectivity index (χ4v) is 2.28. The Bertz CT molecular complexity index is 339. The van der Waals surface area contributed by atoms with Crippen LogP contribution in [0.2, 0.25) is 5.02 Å². The summed E-state index contributed by atoms with van der Waals surface area (Å²) < 4.78 is 0. The van der Waals surface area contributed by atoms with Crippen LogP contribution in [-0.2, 0) is 5.88 Å². The molecule has 0 radical (unpaired) electrons. The molecule has 0 aliphatic carbocycles. The summed E-state index contributed by atoms with van der Waals surface area (Å²) in [4.78, 5) is 2.32. The maximum Gasteiger partial charge on any atom is 0.0642 e. The first-order chi connectivity index (χ1) is 7.63. The highest BCUT2D eigenvalue weighted by molar-refractivity contribution is 6.33. The van der Waals surface area contributed by atoms with E-state index in [4.69, 9.17) is 23.2 Å². The lowest BCUT2D eigenvalue weighted by Gasteiger charge is -2.30. The summed E-state index contributed by atoms with van der Waals surface area (Å²) in [5.74, 6) is 0.509. The van der Waals surface area contributed by atoms with Gasteiger partial charge in [0.2, 0.25) is 0 Å². The lowest BCUT2D eigenvalue weighted by Crippen LogP contribution is -2.32. The van der Waals surface area contributed by atoms with Gasteiger partial charge in [-0.2, -0.15) is 0 Å². The van der Waals surface area contributed by atoms with Crippen molar-refractivity contribution in [3.63, 3.8) is 0 Å². The lowest BCUT2D eigenvalue weighted by atomic mass is 10.1. The molecule has 0 fully saturated rings. The first-order valence-corrected chi connectivity index (χ1v) is 6.66. The average Bonchev–Trinajstić information content (AvgIpc) is 2.31. The van der Waals surface area contributed by atoms with Crippen LogP contribution in [0.3, 0.4) is 0 Å². The Hall–Kier alpha value is -0.400. The topological polar surface area (TPSA) is 3.24 Å². The Morgan fingerprint density at radius 3 is 2.44 bits per heavy atom. The Balaban J connectivity index is 3.01. The first-order valence-electron chi connectivity index (χ1n) is 5.75. The van der Waals surface area contributed by atoms with Crippen LogP contribution in [0.5, 0.6) is 0 Å². The minimum atomic E-state index is 0.504. The zero-order chi connectivity index (χ0) is 12.1. The van der Waals surface area contributed by atoms with Crippen LogP contribution in [0, 0.1) is 0 Å². The summed E-state index contributed by atoms with van der Waals surface area (Å²) in [5.41, 5.74) is 2.17. The standard InChI is InChI=1S/C13H19Cl2N/c1-4-10(3)16(5-2)13-7-6-11(9-14)8-12(13)15/h6-8,10H,4-5,9H2,1-3H3. The Morgan fingerprint density at radius 2 is 2.00 bits per heavy atom. The molecule has 0 aliphatic heterocycles. The lowest BCUT2D eigenvalue weighted by molar-refractivity contribution is 0.630. The molecule has 0 aromatic heterocycles. The number of hydrogen-bond donors (Lipinski definition) is 0. The van der Waals surface area contributed by atoms with Crippen LogP contribution in [0.15, 0.2) is 18.2 Å². The van der Waals surface area contributed by atoms with Crippen LogP contribution >= 0.6 is 23.2 Å². The molecule has 1 rings (SSSR count). The van der Waals surface area contributed by atoms with Gasteiger partial charge in [0, 0.05) is 18.5 Å². The second-order valence-electron chi connectivity index (χ2n) is 3.96. The number of hydrogen-bond acceptors (Lipinski definition) is 1. The molecule has 3 heteroatoms. The van der Waals surface area contributed by atoms with Crippen LogP contribution in [0.1, 0.15) is 32.8 Å². The Labute approximate surface area is 108 Å². The summed E-state index contributed by atoms with van der Waals surface area (Å²) in [6.45, 7) is 7.52. The highest BCUT2D eigenvalue weighted by atomic mass is 35.5. The maximum absolute atomic E-state index is 6.28. The van der Waals surface area contributed by atoms with Gasteiger partial charge >= 0.3 is 0 Å². The zero-order valence-corrected chi connectivity index (χ0v) is 11.6. The molecule has 1 atom stereocenters. The van der Waals surface area contributed by atoms with E-state index in [2.05, 4.69) is 31.7 Å². The molecule has 90 valence electrons. The van der Waals surface area contributed by atoms with E-state index in [-0.39, 0.29) is 0 Å². The SMILES string of the molecule is CCC(C)N(CC)c1ccc(CCl)cc1Cl. The molecular weight excluding hydrogens is 241 g/mol. The number of alkyl halides is 1. The third-order valence-corrected chi connectivity index (χ3v) is 3.55. The summed E-state index contributed by atoms with van der Waals surface area (Å²) in [6, 6.07) is 6.56. The van der Waals surface area contributed by atoms with Crippen LogP contribution in [0.25, 0.3) is 0 Å². The van der Waals surface area contributed by atoms with Crippen molar-refractivity contribution in [2.75, 3.05) is 11.4 Å². The Morgan fingerprint density at radius 1 is 1.31 bits per heavy atom. The first kappa shape index (κ1) is 13.7. The summed E-state index contributed by atoms with van der Waals surface area (Å²) >= 11 is 12.1. The van der Waals surface area contributed by atoms with E-state index in [0.29, 0.717) is 11.9 Å². The molecule has 0 heterocycles. The third-order valence-electron chi connectivity index (χ3n) is 2.94. The molecule has 1 unspecified atom stereocenters. The zero-order valence-electron chi connectivity index (χ0n) is 10.1. The second-order valence-corrected chi connectivity index (χ2v) is 4.64. The number of rotatable bonds is 5. The van der Waals surface area contributed by atoms with Crippen molar-refractivity contribution in [2.24, 2.45) is 0 Å². The minimum absolute atomic E-state index is 0.504. The van der Waals surface area contributed by atoms with Crippen molar-refractivity contribution in [1.29, 1.82) is 0 Å². The van der Waals surface area contributed by atoms with Gasteiger partial charge in [-0.15, -0.1) is 11.6 Å². The van der Waals surface area contributed by atoms with Crippen molar-refractivity contribution in [3.05, 3.63) is 28.8 Å². The predicted octanol–water partition coefficient (Wildman–Crippen LogP) is 4.70. The third kappa shape index (κ3) is 3.05. The number of anilines is 1. The summed E-state index contributed by atoms with van der Waals surface area (Å²) in [6.07, 6.45) is 1.11. The molecule has 0 bridgehead atoms. The molecule has 16 heavy (non-hydrogen) atoms. The maximum atomic E-state index is 6.28. The van der Waals surface area contributed by atoms with Crippen molar-refractivity contribution in [3.8, 4) is 0 Å². The second kappa shape index (κ2) is 6.36. The van der Waals surface area contributed by atoms with Crippen LogP contribution in [0.4, 0.5) is 5.69 Å². The molecule has 0 saturated carbocycles. The molecule has 1 nitrogen and oxygen atoms in total. The van der Waals surface area contributed by atoms with E-state index in [0.717, 1.165) is 29.2 Å². The van der Waals surface area contributed by atoms with E-state index in [9.17, 15) is 0 Å². The van der Waals surface area contributed by atoms with Gasteiger partial charge in [0.15, 0.2) is 0 Å². The minimum Gasteiger partial charge on any atom is -0.368 e. The Kier molecular flexibility index (Phi) is 5.43. The molecule has 1 aromatic carbocycles. The fraction of sp³-hybridized carbons (Fsp3) is 0.538. The largest absolute Gasteiger partial charge is 0.368 e. The van der Waals surface area contributed by atoms with E-state index in [1.54, 1.807) is 0 Å². The quantitative estimate of drug-likeness (QED) is 0.693.